The number of rotatable bonds is 4. The molecule has 0 fully saturated rings. The van der Waals surface area contributed by atoms with Crippen LogP contribution in [-0.4, -0.2) is 13.1 Å². The molecular weight excluding hydrogens is 254 g/mol. The predicted molar refractivity (Wildman–Crippen MR) is 87.9 cm³/mol. The highest BCUT2D eigenvalue weighted by Crippen LogP contribution is 2.38. The number of nitrogens with one attached hydrogen (secondary N) is 1. The minimum absolute atomic E-state index is 0.555. The maximum Gasteiger partial charge on any atom is 0.0176 e. The smallest absolute Gasteiger partial charge is 0.0176 e. The van der Waals surface area contributed by atoms with E-state index < -0.39 is 0 Å². The molecule has 0 saturated heterocycles. The van der Waals surface area contributed by atoms with Crippen molar-refractivity contribution in [2.75, 3.05) is 7.05 Å². The standard InChI is InChI=1S/C20H23N/c1-21-20(19-13-17-5-2-3-8-18(17)19)12-14-9-10-15-6-4-7-16(15)11-14/h2-3,5,8-11,19-21H,4,6-7,12-13H2,1H3. The van der Waals surface area contributed by atoms with Crippen molar-refractivity contribution < 1.29 is 0 Å². The Hall–Kier alpha value is -1.60. The highest BCUT2D eigenvalue weighted by atomic mass is 14.9. The van der Waals surface area contributed by atoms with Crippen molar-refractivity contribution in [1.82, 2.24) is 5.32 Å². The number of likely N-dealkylation sites (N-methyl/N-ethyl adjacent to an activating group) is 1. The summed E-state index contributed by atoms with van der Waals surface area (Å²) in [5, 5.41) is 3.56. The van der Waals surface area contributed by atoms with E-state index in [1.807, 2.05) is 0 Å². The molecule has 2 atom stereocenters. The Morgan fingerprint density at radius 3 is 2.76 bits per heavy atom. The van der Waals surface area contributed by atoms with Gasteiger partial charge in [0.05, 0.1) is 0 Å². The first-order valence-corrected chi connectivity index (χ1v) is 8.21. The van der Waals surface area contributed by atoms with Crippen LogP contribution in [0.15, 0.2) is 42.5 Å². The van der Waals surface area contributed by atoms with E-state index in [2.05, 4.69) is 54.8 Å². The molecule has 0 aromatic heterocycles. The molecule has 2 aliphatic carbocycles. The minimum Gasteiger partial charge on any atom is -0.316 e. The second kappa shape index (κ2) is 5.31. The second-order valence-corrected chi connectivity index (χ2v) is 6.57. The quantitative estimate of drug-likeness (QED) is 0.899. The summed E-state index contributed by atoms with van der Waals surface area (Å²) in [6.45, 7) is 0. The molecule has 0 amide bonds. The zero-order chi connectivity index (χ0) is 14.2. The Kier molecular flexibility index (Phi) is 3.31. The van der Waals surface area contributed by atoms with Crippen molar-refractivity contribution >= 4 is 0 Å². The fraction of sp³-hybridized carbons (Fsp3) is 0.400. The van der Waals surface area contributed by atoms with Gasteiger partial charge >= 0.3 is 0 Å². The molecule has 0 aliphatic heterocycles. The lowest BCUT2D eigenvalue weighted by Gasteiger charge is -2.36. The molecule has 0 heterocycles. The van der Waals surface area contributed by atoms with Crippen LogP contribution in [0.1, 0.15) is 40.2 Å². The Bertz CT molecular complexity index is 659. The van der Waals surface area contributed by atoms with Crippen LogP contribution in [0.5, 0.6) is 0 Å². The topological polar surface area (TPSA) is 12.0 Å². The molecule has 0 radical (unpaired) electrons. The molecule has 108 valence electrons. The maximum absolute atomic E-state index is 3.56. The lowest BCUT2D eigenvalue weighted by atomic mass is 9.72. The van der Waals surface area contributed by atoms with E-state index in [1.54, 1.807) is 16.7 Å². The molecule has 1 nitrogen and oxygen atoms in total. The summed E-state index contributed by atoms with van der Waals surface area (Å²) in [4.78, 5) is 0. The fourth-order valence-corrected chi connectivity index (χ4v) is 4.11. The van der Waals surface area contributed by atoms with Crippen LogP contribution in [0.4, 0.5) is 0 Å². The number of hydrogen-bond acceptors (Lipinski definition) is 1. The Morgan fingerprint density at radius 1 is 1.05 bits per heavy atom. The van der Waals surface area contributed by atoms with Crippen molar-refractivity contribution in [2.45, 2.75) is 44.1 Å². The van der Waals surface area contributed by atoms with Crippen LogP contribution in [0.3, 0.4) is 0 Å². The second-order valence-electron chi connectivity index (χ2n) is 6.57. The molecular formula is C20H23N. The van der Waals surface area contributed by atoms with Crippen LogP contribution in [0.2, 0.25) is 0 Å². The first kappa shape index (κ1) is 13.1. The van der Waals surface area contributed by atoms with Crippen LogP contribution < -0.4 is 5.32 Å². The van der Waals surface area contributed by atoms with Crippen molar-refractivity contribution in [2.24, 2.45) is 0 Å². The van der Waals surface area contributed by atoms with Gasteiger partial charge in [-0.15, -0.1) is 0 Å². The molecule has 1 heteroatoms. The summed E-state index contributed by atoms with van der Waals surface area (Å²) in [5.74, 6) is 0.680. The number of hydrogen-bond donors (Lipinski definition) is 1. The highest BCUT2D eigenvalue weighted by Gasteiger charge is 2.31. The van der Waals surface area contributed by atoms with Crippen LogP contribution >= 0.6 is 0 Å². The van der Waals surface area contributed by atoms with Crippen LogP contribution in [0, 0.1) is 0 Å². The van der Waals surface area contributed by atoms with E-state index in [1.165, 1.54) is 36.8 Å². The summed E-state index contributed by atoms with van der Waals surface area (Å²) < 4.78 is 0. The third-order valence-electron chi connectivity index (χ3n) is 5.37. The zero-order valence-electron chi connectivity index (χ0n) is 12.7. The summed E-state index contributed by atoms with van der Waals surface area (Å²) in [5.41, 5.74) is 7.76. The SMILES string of the molecule is CNC(Cc1ccc2c(c1)CCC2)C1Cc2ccccc21. The van der Waals surface area contributed by atoms with Gasteiger partial charge < -0.3 is 5.32 Å². The molecule has 21 heavy (non-hydrogen) atoms. The van der Waals surface area contributed by atoms with E-state index in [-0.39, 0.29) is 0 Å². The van der Waals surface area contributed by atoms with E-state index in [0.29, 0.717) is 12.0 Å². The monoisotopic (exact) mass is 277 g/mol. The molecule has 1 N–H and O–H groups in total. The number of benzene rings is 2. The molecule has 2 aromatic carbocycles. The molecule has 4 rings (SSSR count). The fourth-order valence-electron chi connectivity index (χ4n) is 4.11. The van der Waals surface area contributed by atoms with Crippen LogP contribution in [0.25, 0.3) is 0 Å². The summed E-state index contributed by atoms with van der Waals surface area (Å²) in [7, 11) is 2.11. The van der Waals surface area contributed by atoms with Gasteiger partial charge in [0.25, 0.3) is 0 Å². The third kappa shape index (κ3) is 2.30. The minimum atomic E-state index is 0.555. The van der Waals surface area contributed by atoms with Gasteiger partial charge in [0.1, 0.15) is 0 Å². The summed E-state index contributed by atoms with van der Waals surface area (Å²) in [6, 6.07) is 16.6. The number of fused-ring (bicyclic) bond motifs is 2. The van der Waals surface area contributed by atoms with Gasteiger partial charge in [-0.05, 0) is 67.0 Å². The molecule has 2 unspecified atom stereocenters. The van der Waals surface area contributed by atoms with Gasteiger partial charge in [-0.25, -0.2) is 0 Å². The van der Waals surface area contributed by atoms with Crippen molar-refractivity contribution in [1.29, 1.82) is 0 Å². The Labute approximate surface area is 127 Å². The molecule has 2 aromatic rings. The van der Waals surface area contributed by atoms with Gasteiger partial charge in [0.2, 0.25) is 0 Å². The number of aryl methyl sites for hydroxylation is 2. The van der Waals surface area contributed by atoms with Gasteiger partial charge in [0.15, 0.2) is 0 Å². The Morgan fingerprint density at radius 2 is 1.90 bits per heavy atom. The molecule has 0 bridgehead atoms. The third-order valence-corrected chi connectivity index (χ3v) is 5.37. The van der Waals surface area contributed by atoms with E-state index in [0.717, 1.165) is 6.42 Å². The lowest BCUT2D eigenvalue weighted by Crippen LogP contribution is -2.39. The van der Waals surface area contributed by atoms with E-state index >= 15 is 0 Å². The molecule has 0 spiro atoms. The van der Waals surface area contributed by atoms with Gasteiger partial charge in [-0.3, -0.25) is 0 Å². The van der Waals surface area contributed by atoms with Gasteiger partial charge in [0, 0.05) is 12.0 Å². The van der Waals surface area contributed by atoms with E-state index in [4.69, 9.17) is 0 Å². The van der Waals surface area contributed by atoms with Crippen molar-refractivity contribution in [3.8, 4) is 0 Å². The zero-order valence-corrected chi connectivity index (χ0v) is 12.7. The first-order valence-electron chi connectivity index (χ1n) is 8.21. The summed E-state index contributed by atoms with van der Waals surface area (Å²) in [6.07, 6.45) is 6.26. The van der Waals surface area contributed by atoms with E-state index in [9.17, 15) is 0 Å². The van der Waals surface area contributed by atoms with Crippen molar-refractivity contribution in [3.05, 3.63) is 70.3 Å². The summed E-state index contributed by atoms with van der Waals surface area (Å²) >= 11 is 0. The molecule has 2 aliphatic rings. The Balaban J connectivity index is 1.53. The van der Waals surface area contributed by atoms with Crippen LogP contribution in [-0.2, 0) is 25.7 Å². The largest absolute Gasteiger partial charge is 0.316 e. The highest BCUT2D eigenvalue weighted by molar-refractivity contribution is 5.42. The average Bonchev–Trinajstić information content (AvgIpc) is 2.95. The lowest BCUT2D eigenvalue weighted by molar-refractivity contribution is 0.422. The van der Waals surface area contributed by atoms with Crippen molar-refractivity contribution in [3.63, 3.8) is 0 Å². The average molecular weight is 277 g/mol. The maximum atomic E-state index is 3.56. The first-order chi connectivity index (χ1) is 10.3. The van der Waals surface area contributed by atoms with Gasteiger partial charge in [-0.2, -0.15) is 0 Å². The normalized spacial score (nSPS) is 20.5. The molecule has 0 saturated carbocycles. The predicted octanol–water partition coefficient (Wildman–Crippen LogP) is 3.65. The van der Waals surface area contributed by atoms with Gasteiger partial charge in [-0.1, -0.05) is 42.5 Å².